The van der Waals surface area contributed by atoms with Gasteiger partial charge in [0.15, 0.2) is 0 Å². The van der Waals surface area contributed by atoms with Crippen molar-refractivity contribution in [3.05, 3.63) is 28.8 Å². The third kappa shape index (κ3) is 2.94. The Morgan fingerprint density at radius 1 is 1.56 bits per heavy atom. The molecule has 0 spiro atoms. The lowest BCUT2D eigenvalue weighted by molar-refractivity contribution is 0.0602. The number of likely N-dealkylation sites (N-methyl/N-ethyl adjacent to an activating group) is 1. The first kappa shape index (κ1) is 13.2. The number of anilines is 1. The van der Waals surface area contributed by atoms with Crippen LogP contribution in [0, 0.1) is 0 Å². The first-order valence-electron chi connectivity index (χ1n) is 5.93. The van der Waals surface area contributed by atoms with Gasteiger partial charge in [0.2, 0.25) is 0 Å². The van der Waals surface area contributed by atoms with Crippen LogP contribution in [-0.2, 0) is 4.74 Å². The Hall–Kier alpha value is -1.26. The Bertz CT molecular complexity index is 451. The fourth-order valence-corrected chi connectivity index (χ4v) is 2.37. The molecule has 2 rings (SSSR count). The minimum atomic E-state index is -0.369. The Balaban J connectivity index is 2.18. The van der Waals surface area contributed by atoms with Gasteiger partial charge in [0.1, 0.15) is 0 Å². The third-order valence-corrected chi connectivity index (χ3v) is 3.37. The lowest BCUT2D eigenvalue weighted by atomic mass is 10.1. The highest BCUT2D eigenvalue weighted by Crippen LogP contribution is 2.23. The summed E-state index contributed by atoms with van der Waals surface area (Å²) in [5.74, 6) is -0.369. The zero-order chi connectivity index (χ0) is 13.1. The number of hydrogen-bond acceptors (Lipinski definition) is 4. The number of methoxy groups -OCH3 is 1. The van der Waals surface area contributed by atoms with Crippen molar-refractivity contribution >= 4 is 23.3 Å². The average Bonchev–Trinajstić information content (AvgIpc) is 2.76. The van der Waals surface area contributed by atoms with E-state index in [9.17, 15) is 4.79 Å². The number of esters is 1. The van der Waals surface area contributed by atoms with E-state index in [4.69, 9.17) is 16.3 Å². The van der Waals surface area contributed by atoms with Crippen molar-refractivity contribution in [1.29, 1.82) is 0 Å². The molecule has 1 fully saturated rings. The summed E-state index contributed by atoms with van der Waals surface area (Å²) in [5, 5.41) is 3.91. The second-order valence-electron chi connectivity index (χ2n) is 4.57. The van der Waals surface area contributed by atoms with Crippen molar-refractivity contribution in [2.24, 2.45) is 0 Å². The molecule has 98 valence electrons. The molecule has 0 saturated carbocycles. The fourth-order valence-electron chi connectivity index (χ4n) is 2.19. The van der Waals surface area contributed by atoms with Crippen LogP contribution in [0.2, 0.25) is 5.02 Å². The van der Waals surface area contributed by atoms with Gasteiger partial charge in [-0.2, -0.15) is 0 Å². The summed E-state index contributed by atoms with van der Waals surface area (Å²) < 4.78 is 4.77. The minimum Gasteiger partial charge on any atom is -0.465 e. The van der Waals surface area contributed by atoms with E-state index in [0.29, 0.717) is 16.6 Å². The number of benzene rings is 1. The highest BCUT2D eigenvalue weighted by atomic mass is 35.5. The molecule has 5 heteroatoms. The van der Waals surface area contributed by atoms with Crippen LogP contribution >= 0.6 is 11.6 Å². The molecular formula is C13H17ClN2O2. The summed E-state index contributed by atoms with van der Waals surface area (Å²) >= 11 is 5.91. The normalized spacial score (nSPS) is 19.8. The fraction of sp³-hybridized carbons (Fsp3) is 0.462. The van der Waals surface area contributed by atoms with E-state index >= 15 is 0 Å². The van der Waals surface area contributed by atoms with Crippen LogP contribution in [-0.4, -0.2) is 44.2 Å². The molecule has 0 radical (unpaired) electrons. The standard InChI is InChI=1S/C13H17ClN2O2/c1-16-6-5-10(8-16)15-12-4-3-9(14)7-11(12)13(17)18-2/h3-4,7,10,15H,5-6,8H2,1-2H3. The molecule has 1 unspecified atom stereocenters. The first-order valence-corrected chi connectivity index (χ1v) is 6.31. The van der Waals surface area contributed by atoms with Gasteiger partial charge in [0.05, 0.1) is 12.7 Å². The largest absolute Gasteiger partial charge is 0.465 e. The number of carbonyl (C=O) groups is 1. The van der Waals surface area contributed by atoms with E-state index in [1.54, 1.807) is 12.1 Å². The molecule has 1 atom stereocenters. The predicted octanol–water partition coefficient (Wildman–Crippen LogP) is 2.24. The van der Waals surface area contributed by atoms with Crippen LogP contribution in [0.1, 0.15) is 16.8 Å². The number of hydrogen-bond donors (Lipinski definition) is 1. The number of likely N-dealkylation sites (tertiary alicyclic amines) is 1. The molecule has 0 aliphatic carbocycles. The molecule has 18 heavy (non-hydrogen) atoms. The van der Waals surface area contributed by atoms with Gasteiger partial charge in [0, 0.05) is 23.3 Å². The van der Waals surface area contributed by atoms with Crippen LogP contribution < -0.4 is 5.32 Å². The number of rotatable bonds is 3. The summed E-state index contributed by atoms with van der Waals surface area (Å²) in [6.07, 6.45) is 1.07. The number of carbonyl (C=O) groups excluding carboxylic acids is 1. The molecule has 1 N–H and O–H groups in total. The van der Waals surface area contributed by atoms with Crippen LogP contribution in [0.5, 0.6) is 0 Å². The van der Waals surface area contributed by atoms with Crippen molar-refractivity contribution in [2.45, 2.75) is 12.5 Å². The van der Waals surface area contributed by atoms with E-state index in [2.05, 4.69) is 17.3 Å². The predicted molar refractivity (Wildman–Crippen MR) is 72.3 cm³/mol. The number of ether oxygens (including phenoxy) is 1. The quantitative estimate of drug-likeness (QED) is 0.854. The van der Waals surface area contributed by atoms with E-state index < -0.39 is 0 Å². The summed E-state index contributed by atoms with van der Waals surface area (Å²) in [5.41, 5.74) is 1.27. The molecule has 1 heterocycles. The van der Waals surface area contributed by atoms with Crippen molar-refractivity contribution in [1.82, 2.24) is 4.90 Å². The van der Waals surface area contributed by atoms with E-state index in [1.807, 2.05) is 6.07 Å². The smallest absolute Gasteiger partial charge is 0.340 e. The van der Waals surface area contributed by atoms with Crippen LogP contribution in [0.15, 0.2) is 18.2 Å². The topological polar surface area (TPSA) is 41.6 Å². The Kier molecular flexibility index (Phi) is 4.09. The van der Waals surface area contributed by atoms with Crippen molar-refractivity contribution in [2.75, 3.05) is 32.6 Å². The van der Waals surface area contributed by atoms with E-state index in [-0.39, 0.29) is 5.97 Å². The number of halogens is 1. The zero-order valence-corrected chi connectivity index (χ0v) is 11.3. The lowest BCUT2D eigenvalue weighted by Gasteiger charge is -2.16. The molecule has 1 aliphatic rings. The van der Waals surface area contributed by atoms with Gasteiger partial charge in [-0.3, -0.25) is 0 Å². The molecule has 4 nitrogen and oxygen atoms in total. The lowest BCUT2D eigenvalue weighted by Crippen LogP contribution is -2.24. The van der Waals surface area contributed by atoms with Crippen molar-refractivity contribution in [3.8, 4) is 0 Å². The molecule has 0 aromatic heterocycles. The molecule has 0 bridgehead atoms. The van der Waals surface area contributed by atoms with Gasteiger partial charge in [-0.05, 0) is 38.2 Å². The monoisotopic (exact) mass is 268 g/mol. The van der Waals surface area contributed by atoms with Crippen LogP contribution in [0.25, 0.3) is 0 Å². The summed E-state index contributed by atoms with van der Waals surface area (Å²) in [7, 11) is 3.46. The second kappa shape index (κ2) is 5.59. The Morgan fingerprint density at radius 3 is 2.94 bits per heavy atom. The SMILES string of the molecule is COC(=O)c1cc(Cl)ccc1NC1CCN(C)C1. The third-order valence-electron chi connectivity index (χ3n) is 3.14. The maximum absolute atomic E-state index is 11.7. The number of nitrogens with zero attached hydrogens (tertiary/aromatic N) is 1. The maximum Gasteiger partial charge on any atom is 0.340 e. The average molecular weight is 269 g/mol. The summed E-state index contributed by atoms with van der Waals surface area (Å²) in [6, 6.07) is 5.59. The molecule has 1 saturated heterocycles. The summed E-state index contributed by atoms with van der Waals surface area (Å²) in [6.45, 7) is 2.04. The minimum absolute atomic E-state index is 0.361. The second-order valence-corrected chi connectivity index (χ2v) is 5.01. The van der Waals surface area contributed by atoms with Gasteiger partial charge >= 0.3 is 5.97 Å². The van der Waals surface area contributed by atoms with Gasteiger partial charge in [-0.15, -0.1) is 0 Å². The van der Waals surface area contributed by atoms with Crippen LogP contribution in [0.3, 0.4) is 0 Å². The molecule has 0 amide bonds. The van der Waals surface area contributed by atoms with Gasteiger partial charge in [-0.25, -0.2) is 4.79 Å². The zero-order valence-electron chi connectivity index (χ0n) is 10.6. The molecule has 1 aromatic rings. The molecule has 1 aromatic carbocycles. The van der Waals surface area contributed by atoms with Crippen LogP contribution in [0.4, 0.5) is 5.69 Å². The van der Waals surface area contributed by atoms with E-state index in [0.717, 1.165) is 25.2 Å². The Morgan fingerprint density at radius 2 is 2.33 bits per heavy atom. The first-order chi connectivity index (χ1) is 8.60. The van der Waals surface area contributed by atoms with Gasteiger partial charge in [-0.1, -0.05) is 11.6 Å². The Labute approximate surface area is 112 Å². The highest BCUT2D eigenvalue weighted by Gasteiger charge is 2.21. The van der Waals surface area contributed by atoms with Gasteiger partial charge < -0.3 is 15.0 Å². The van der Waals surface area contributed by atoms with E-state index in [1.165, 1.54) is 7.11 Å². The molecule has 1 aliphatic heterocycles. The van der Waals surface area contributed by atoms with Gasteiger partial charge in [0.25, 0.3) is 0 Å². The molecular weight excluding hydrogens is 252 g/mol. The highest BCUT2D eigenvalue weighted by molar-refractivity contribution is 6.31. The number of nitrogens with one attached hydrogen (secondary N) is 1. The summed E-state index contributed by atoms with van der Waals surface area (Å²) in [4.78, 5) is 13.9. The maximum atomic E-state index is 11.7. The van der Waals surface area contributed by atoms with Crippen molar-refractivity contribution in [3.63, 3.8) is 0 Å². The van der Waals surface area contributed by atoms with Crippen molar-refractivity contribution < 1.29 is 9.53 Å².